The van der Waals surface area contributed by atoms with Crippen molar-refractivity contribution in [1.82, 2.24) is 4.90 Å². The Morgan fingerprint density at radius 2 is 2.32 bits per heavy atom. The molecule has 0 amide bonds. The highest BCUT2D eigenvalue weighted by Crippen LogP contribution is 2.32. The van der Waals surface area contributed by atoms with E-state index in [-0.39, 0.29) is 0 Å². The summed E-state index contributed by atoms with van der Waals surface area (Å²) in [6.45, 7) is 4.40. The molecule has 0 bridgehead atoms. The molecule has 1 heterocycles. The zero-order valence-corrected chi connectivity index (χ0v) is 16.0. The van der Waals surface area contributed by atoms with E-state index in [0.29, 0.717) is 11.8 Å². The lowest BCUT2D eigenvalue weighted by Gasteiger charge is -2.35. The van der Waals surface area contributed by atoms with Crippen molar-refractivity contribution in [2.75, 3.05) is 13.1 Å². The molecule has 3 rings (SSSR count). The van der Waals surface area contributed by atoms with Crippen LogP contribution in [0.25, 0.3) is 0 Å². The molecule has 1 aromatic heterocycles. The van der Waals surface area contributed by atoms with Crippen LogP contribution in [0, 0.1) is 11.4 Å². The maximum absolute atomic E-state index is 11.1. The monoisotopic (exact) mass is 375 g/mol. The number of carbonyl (C=O) groups is 1. The summed E-state index contributed by atoms with van der Waals surface area (Å²) < 4.78 is 5.16. The van der Waals surface area contributed by atoms with E-state index in [1.165, 1.54) is 10.4 Å². The van der Waals surface area contributed by atoms with Gasteiger partial charge in [0, 0.05) is 35.1 Å². The van der Waals surface area contributed by atoms with Crippen molar-refractivity contribution >= 4 is 28.4 Å². The molecule has 5 heteroatoms. The summed E-state index contributed by atoms with van der Waals surface area (Å²) in [5, 5.41) is 3.05. The summed E-state index contributed by atoms with van der Waals surface area (Å²) >= 11 is 7.05. The molecule has 2 aromatic rings. The largest absolute Gasteiger partial charge is 0.414 e. The van der Waals surface area contributed by atoms with Gasteiger partial charge >= 0.3 is 5.43 Å². The Kier molecular flexibility index (Phi) is 6.36. The van der Waals surface area contributed by atoms with Crippen LogP contribution in [0.4, 0.5) is 4.79 Å². The van der Waals surface area contributed by atoms with E-state index < -0.39 is 5.43 Å². The van der Waals surface area contributed by atoms with Gasteiger partial charge in [0.05, 0.1) is 0 Å². The Balaban J connectivity index is 1.69. The maximum atomic E-state index is 11.1. The molecule has 0 radical (unpaired) electrons. The number of rotatable bonds is 7. The summed E-state index contributed by atoms with van der Waals surface area (Å²) in [7, 11) is 0. The van der Waals surface area contributed by atoms with E-state index >= 15 is 0 Å². The van der Waals surface area contributed by atoms with Crippen LogP contribution >= 0.6 is 22.9 Å². The highest BCUT2D eigenvalue weighted by Gasteiger charge is 2.26. The summed E-state index contributed by atoms with van der Waals surface area (Å²) in [4.78, 5) is 15.0. The van der Waals surface area contributed by atoms with Crippen molar-refractivity contribution in [2.45, 2.75) is 45.1 Å². The lowest BCUT2D eigenvalue weighted by Crippen LogP contribution is -2.41. The molecule has 0 N–H and O–H groups in total. The van der Waals surface area contributed by atoms with Crippen LogP contribution < -0.4 is 4.74 Å². The molecule has 1 atom stereocenters. The quantitative estimate of drug-likeness (QED) is 0.645. The number of ether oxygens (including phenoxy) is 1. The van der Waals surface area contributed by atoms with Crippen LogP contribution in [0.5, 0.6) is 5.75 Å². The number of nitrogens with zero attached hydrogens (tertiary/aromatic N) is 1. The van der Waals surface area contributed by atoms with Gasteiger partial charge in [-0.05, 0) is 61.2 Å². The van der Waals surface area contributed by atoms with Crippen molar-refractivity contribution in [3.05, 3.63) is 51.7 Å². The van der Waals surface area contributed by atoms with Crippen LogP contribution in [0.15, 0.2) is 24.3 Å². The Morgan fingerprint density at radius 3 is 3.04 bits per heavy atom. The zero-order valence-electron chi connectivity index (χ0n) is 14.4. The van der Waals surface area contributed by atoms with E-state index in [9.17, 15) is 4.79 Å². The predicted molar refractivity (Wildman–Crippen MR) is 102 cm³/mol. The van der Waals surface area contributed by atoms with Crippen LogP contribution in [-0.2, 0) is 19.3 Å². The molecule has 1 aromatic carbocycles. The average Bonchev–Trinajstić information content (AvgIpc) is 3.11. The van der Waals surface area contributed by atoms with E-state index in [1.807, 2.05) is 18.2 Å². The van der Waals surface area contributed by atoms with Gasteiger partial charge in [0.1, 0.15) is 5.75 Å². The van der Waals surface area contributed by atoms with Crippen molar-refractivity contribution in [1.29, 1.82) is 0 Å². The van der Waals surface area contributed by atoms with Gasteiger partial charge in [-0.3, -0.25) is 4.90 Å². The van der Waals surface area contributed by atoms with E-state index in [0.717, 1.165) is 50.8 Å². The Morgan fingerprint density at radius 1 is 1.44 bits per heavy atom. The molecular formula is C20H22ClNO2S. The Labute approximate surface area is 158 Å². The fraction of sp³-hybridized carbons (Fsp3) is 0.450. The third kappa shape index (κ3) is 4.76. The second-order valence-electron chi connectivity index (χ2n) is 6.38. The standard InChI is InChI=1S/C20H22ClNO2S/c1-2-11-22(12-10-17-6-4-13-25-17)16-8-9-18-15(14-16)5-3-7-19(18)24-20(21)23/h3,5-7,16H,2,8-12,14H2,1H3/t16-/m0/s1. The summed E-state index contributed by atoms with van der Waals surface area (Å²) in [6, 6.07) is 11.5. The molecule has 0 unspecified atom stereocenters. The van der Waals surface area contributed by atoms with Crippen molar-refractivity contribution < 1.29 is 9.53 Å². The smallest absolute Gasteiger partial charge is 0.409 e. The van der Waals surface area contributed by atoms with Gasteiger partial charge in [-0.25, -0.2) is 4.79 Å². The van der Waals surface area contributed by atoms with E-state index in [4.69, 9.17) is 16.3 Å². The maximum Gasteiger partial charge on any atom is 0.409 e. The molecule has 0 fully saturated rings. The summed E-state index contributed by atoms with van der Waals surface area (Å²) in [5.74, 6) is 0.614. The topological polar surface area (TPSA) is 29.5 Å². The van der Waals surface area contributed by atoms with E-state index in [1.54, 1.807) is 11.3 Å². The molecule has 0 saturated heterocycles. The minimum absolute atomic E-state index is 0.530. The SMILES string of the molecule is CCCN(CCc1cc#cs1)[C@H]1CCc2c(cccc2OC(=O)Cl)C1. The normalized spacial score (nSPS) is 16.4. The Hall–Kier alpha value is -1.54. The van der Waals surface area contributed by atoms with Gasteiger partial charge < -0.3 is 4.74 Å². The second-order valence-corrected chi connectivity index (χ2v) is 7.62. The van der Waals surface area contributed by atoms with E-state index in [2.05, 4.69) is 29.3 Å². The molecule has 3 nitrogen and oxygen atoms in total. The predicted octanol–water partition coefficient (Wildman–Crippen LogP) is 4.90. The molecule has 25 heavy (non-hydrogen) atoms. The minimum atomic E-state index is -0.771. The van der Waals surface area contributed by atoms with Gasteiger partial charge in [0.25, 0.3) is 0 Å². The molecular weight excluding hydrogens is 354 g/mol. The number of carbonyl (C=O) groups excluding carboxylic acids is 1. The number of fused-ring (bicyclic) bond motifs is 1. The fourth-order valence-corrected chi connectivity index (χ4v) is 4.27. The Bertz CT molecular complexity index is 702. The van der Waals surface area contributed by atoms with Crippen molar-refractivity contribution in [3.63, 3.8) is 0 Å². The van der Waals surface area contributed by atoms with Crippen LogP contribution in [0.1, 0.15) is 35.8 Å². The van der Waals surface area contributed by atoms with Gasteiger partial charge in [-0.1, -0.05) is 36.5 Å². The first-order chi connectivity index (χ1) is 12.2. The number of hydrogen-bond donors (Lipinski definition) is 0. The summed E-state index contributed by atoms with van der Waals surface area (Å²) in [5.41, 5.74) is 1.63. The van der Waals surface area contributed by atoms with Crippen LogP contribution in [-0.4, -0.2) is 29.5 Å². The fourth-order valence-electron chi connectivity index (χ4n) is 3.62. The highest BCUT2D eigenvalue weighted by molar-refractivity contribution is 7.08. The average molecular weight is 376 g/mol. The first kappa shape index (κ1) is 18.3. The molecule has 1 aliphatic rings. The molecule has 0 spiro atoms. The third-order valence-electron chi connectivity index (χ3n) is 4.75. The lowest BCUT2D eigenvalue weighted by molar-refractivity contribution is 0.181. The van der Waals surface area contributed by atoms with Gasteiger partial charge in [-0.2, -0.15) is 0 Å². The van der Waals surface area contributed by atoms with Crippen LogP contribution in [0.3, 0.4) is 0 Å². The number of benzene rings is 1. The van der Waals surface area contributed by atoms with Crippen molar-refractivity contribution in [2.24, 2.45) is 0 Å². The zero-order chi connectivity index (χ0) is 17.6. The van der Waals surface area contributed by atoms with Gasteiger partial charge in [0.15, 0.2) is 0 Å². The number of hydrogen-bond acceptors (Lipinski definition) is 4. The van der Waals surface area contributed by atoms with Gasteiger partial charge in [0.2, 0.25) is 0 Å². The lowest BCUT2D eigenvalue weighted by atomic mass is 9.86. The summed E-state index contributed by atoms with van der Waals surface area (Å²) in [6.07, 6.45) is 5.19. The van der Waals surface area contributed by atoms with Crippen LogP contribution in [0.2, 0.25) is 0 Å². The first-order valence-corrected chi connectivity index (χ1v) is 9.95. The minimum Gasteiger partial charge on any atom is -0.414 e. The van der Waals surface area contributed by atoms with Crippen molar-refractivity contribution in [3.8, 4) is 5.75 Å². The van der Waals surface area contributed by atoms with Gasteiger partial charge in [-0.15, -0.1) is 0 Å². The number of halogens is 1. The first-order valence-electron chi connectivity index (χ1n) is 8.76. The highest BCUT2D eigenvalue weighted by atomic mass is 35.5. The molecule has 1 aliphatic carbocycles. The molecule has 0 saturated carbocycles. The third-order valence-corrected chi connectivity index (χ3v) is 5.63. The second kappa shape index (κ2) is 8.71. The molecule has 0 aliphatic heterocycles. The molecule has 132 valence electrons.